The van der Waals surface area contributed by atoms with E-state index in [0.29, 0.717) is 17.0 Å². The van der Waals surface area contributed by atoms with Crippen molar-refractivity contribution in [3.05, 3.63) is 46.2 Å². The van der Waals surface area contributed by atoms with E-state index in [-0.39, 0.29) is 36.6 Å². The van der Waals surface area contributed by atoms with Crippen molar-refractivity contribution >= 4 is 23.5 Å². The van der Waals surface area contributed by atoms with Gasteiger partial charge in [0, 0.05) is 13.1 Å². The first-order chi connectivity index (χ1) is 13.3. The fourth-order valence-electron chi connectivity index (χ4n) is 3.57. The highest BCUT2D eigenvalue weighted by atomic mass is 35.5. The summed E-state index contributed by atoms with van der Waals surface area (Å²) in [5.74, 6) is -1.03. The number of methoxy groups -OCH3 is 1. The number of carboxylic acid groups (broad SMARTS) is 1. The third-order valence-corrected chi connectivity index (χ3v) is 5.69. The van der Waals surface area contributed by atoms with E-state index in [0.717, 1.165) is 0 Å². The second-order valence-electron chi connectivity index (χ2n) is 7.03. The standard InChI is InChI=1S/C19H22ClN3O5/c1-11-15(20)16(22-21-11)17(25)23-7-6-14(24)19(10-23,18(26)27)9-12-4-3-5-13(8-12)28-2/h3-5,8,14,24H,6-7,9-10H2,1-2H3,(H,21,22)(H,26,27)/t14-,19-/m1/s1. The number of aryl methyl sites for hydroxylation is 1. The van der Waals surface area contributed by atoms with Gasteiger partial charge in [-0.05, 0) is 37.5 Å². The number of benzene rings is 1. The number of carbonyl (C=O) groups excluding carboxylic acids is 1. The zero-order chi connectivity index (χ0) is 20.5. The van der Waals surface area contributed by atoms with Gasteiger partial charge in [-0.15, -0.1) is 0 Å². The van der Waals surface area contributed by atoms with E-state index in [2.05, 4.69) is 10.2 Å². The predicted octanol–water partition coefficient (Wildman–Crippen LogP) is 1.90. The number of rotatable bonds is 5. The summed E-state index contributed by atoms with van der Waals surface area (Å²) in [6.07, 6.45) is -0.905. The van der Waals surface area contributed by atoms with Crippen molar-refractivity contribution in [2.45, 2.75) is 25.9 Å². The number of aliphatic carboxylic acids is 1. The number of amides is 1. The van der Waals surface area contributed by atoms with Crippen LogP contribution in [0.2, 0.25) is 5.02 Å². The minimum atomic E-state index is -1.54. The van der Waals surface area contributed by atoms with Crippen LogP contribution in [-0.2, 0) is 11.2 Å². The Kier molecular flexibility index (Phi) is 5.62. The lowest BCUT2D eigenvalue weighted by atomic mass is 9.72. The molecule has 0 unspecified atom stereocenters. The number of halogens is 1. The first-order valence-corrected chi connectivity index (χ1v) is 9.20. The number of aromatic nitrogens is 2. The minimum absolute atomic E-state index is 0.0521. The Morgan fingerprint density at radius 3 is 2.82 bits per heavy atom. The molecule has 28 heavy (non-hydrogen) atoms. The summed E-state index contributed by atoms with van der Waals surface area (Å²) in [6.45, 7) is 1.76. The Balaban J connectivity index is 1.91. The lowest BCUT2D eigenvalue weighted by Gasteiger charge is -2.43. The molecule has 0 bridgehead atoms. The van der Waals surface area contributed by atoms with Crippen molar-refractivity contribution in [3.8, 4) is 5.75 Å². The lowest BCUT2D eigenvalue weighted by Crippen LogP contribution is -2.58. The summed E-state index contributed by atoms with van der Waals surface area (Å²) >= 11 is 6.13. The van der Waals surface area contributed by atoms with Gasteiger partial charge < -0.3 is 19.8 Å². The molecule has 2 aromatic rings. The van der Waals surface area contributed by atoms with E-state index in [1.54, 1.807) is 31.2 Å². The van der Waals surface area contributed by atoms with E-state index < -0.39 is 23.4 Å². The van der Waals surface area contributed by atoms with E-state index in [4.69, 9.17) is 16.3 Å². The van der Waals surface area contributed by atoms with Crippen LogP contribution in [0.1, 0.15) is 28.2 Å². The van der Waals surface area contributed by atoms with Crippen molar-refractivity contribution in [2.75, 3.05) is 20.2 Å². The van der Waals surface area contributed by atoms with E-state index in [1.165, 1.54) is 12.0 Å². The van der Waals surface area contributed by atoms with Crippen LogP contribution in [0.25, 0.3) is 0 Å². The molecular weight excluding hydrogens is 386 g/mol. The second-order valence-corrected chi connectivity index (χ2v) is 7.41. The molecule has 0 radical (unpaired) electrons. The minimum Gasteiger partial charge on any atom is -0.497 e. The number of nitrogens with one attached hydrogen (secondary N) is 1. The van der Waals surface area contributed by atoms with Crippen LogP contribution in [0, 0.1) is 12.3 Å². The van der Waals surface area contributed by atoms with E-state index in [9.17, 15) is 19.8 Å². The van der Waals surface area contributed by atoms with Crippen molar-refractivity contribution in [1.29, 1.82) is 0 Å². The molecule has 1 aromatic heterocycles. The number of piperidine rings is 1. The average molecular weight is 408 g/mol. The molecule has 8 nitrogen and oxygen atoms in total. The van der Waals surface area contributed by atoms with Crippen LogP contribution < -0.4 is 4.74 Å². The van der Waals surface area contributed by atoms with Crippen LogP contribution in [-0.4, -0.2) is 63.5 Å². The molecule has 150 valence electrons. The summed E-state index contributed by atoms with van der Waals surface area (Å²) in [5.41, 5.74) is -0.235. The zero-order valence-corrected chi connectivity index (χ0v) is 16.4. The fraction of sp³-hybridized carbons (Fsp3) is 0.421. The first-order valence-electron chi connectivity index (χ1n) is 8.82. The summed E-state index contributed by atoms with van der Waals surface area (Å²) in [6, 6.07) is 7.01. The number of aliphatic hydroxyl groups is 1. The number of carboxylic acids is 1. The smallest absolute Gasteiger partial charge is 0.314 e. The normalized spacial score (nSPS) is 22.1. The largest absolute Gasteiger partial charge is 0.497 e. The number of likely N-dealkylation sites (tertiary alicyclic amines) is 1. The molecule has 1 aromatic carbocycles. The average Bonchev–Trinajstić information content (AvgIpc) is 3.01. The number of H-pyrrole nitrogens is 1. The van der Waals surface area contributed by atoms with Crippen molar-refractivity contribution in [2.24, 2.45) is 5.41 Å². The highest BCUT2D eigenvalue weighted by Gasteiger charge is 2.50. The third-order valence-electron chi connectivity index (χ3n) is 5.23. The van der Waals surface area contributed by atoms with Crippen LogP contribution >= 0.6 is 11.6 Å². The number of hydrogen-bond acceptors (Lipinski definition) is 5. The molecule has 9 heteroatoms. The molecule has 2 atom stereocenters. The predicted molar refractivity (Wildman–Crippen MR) is 102 cm³/mol. The fourth-order valence-corrected chi connectivity index (χ4v) is 3.73. The maximum absolute atomic E-state index is 12.9. The lowest BCUT2D eigenvalue weighted by molar-refractivity contribution is -0.161. The Morgan fingerprint density at radius 2 is 2.21 bits per heavy atom. The number of carbonyl (C=O) groups is 2. The molecule has 3 rings (SSSR count). The quantitative estimate of drug-likeness (QED) is 0.697. The van der Waals surface area contributed by atoms with Gasteiger partial charge in [-0.3, -0.25) is 14.7 Å². The summed E-state index contributed by atoms with van der Waals surface area (Å²) in [4.78, 5) is 26.5. The van der Waals surface area contributed by atoms with Crippen LogP contribution in [0.5, 0.6) is 5.75 Å². The van der Waals surface area contributed by atoms with Gasteiger partial charge >= 0.3 is 5.97 Å². The van der Waals surface area contributed by atoms with Gasteiger partial charge in [0.25, 0.3) is 5.91 Å². The molecule has 0 saturated carbocycles. The summed E-state index contributed by atoms with van der Waals surface area (Å²) in [5, 5.41) is 27.4. The molecule has 3 N–H and O–H groups in total. The van der Waals surface area contributed by atoms with Crippen molar-refractivity contribution in [1.82, 2.24) is 15.1 Å². The Morgan fingerprint density at radius 1 is 1.46 bits per heavy atom. The van der Waals surface area contributed by atoms with E-state index in [1.807, 2.05) is 0 Å². The molecule has 1 fully saturated rings. The highest BCUT2D eigenvalue weighted by Crippen LogP contribution is 2.36. The maximum Gasteiger partial charge on any atom is 0.314 e. The first kappa shape index (κ1) is 20.2. The molecule has 0 spiro atoms. The number of ether oxygens (including phenoxy) is 1. The third kappa shape index (κ3) is 3.57. The Hall–Kier alpha value is -2.58. The molecule has 1 aliphatic rings. The van der Waals surface area contributed by atoms with Gasteiger partial charge in [0.2, 0.25) is 0 Å². The Labute approximate surface area is 167 Å². The topological polar surface area (TPSA) is 116 Å². The molecular formula is C19H22ClN3O5. The van der Waals surface area contributed by atoms with E-state index >= 15 is 0 Å². The number of nitrogens with zero attached hydrogens (tertiary/aromatic N) is 2. The highest BCUT2D eigenvalue weighted by molar-refractivity contribution is 6.34. The van der Waals surface area contributed by atoms with Crippen molar-refractivity contribution < 1.29 is 24.5 Å². The van der Waals surface area contributed by atoms with Gasteiger partial charge in [0.1, 0.15) is 11.2 Å². The summed E-state index contributed by atoms with van der Waals surface area (Å²) in [7, 11) is 1.53. The van der Waals surface area contributed by atoms with Gasteiger partial charge in [-0.2, -0.15) is 5.10 Å². The molecule has 1 saturated heterocycles. The van der Waals surface area contributed by atoms with Crippen LogP contribution in [0.15, 0.2) is 24.3 Å². The molecule has 2 heterocycles. The van der Waals surface area contributed by atoms with Gasteiger partial charge in [0.15, 0.2) is 5.69 Å². The monoisotopic (exact) mass is 407 g/mol. The van der Waals surface area contributed by atoms with Gasteiger partial charge in [-0.25, -0.2) is 0 Å². The second kappa shape index (κ2) is 7.81. The summed E-state index contributed by atoms with van der Waals surface area (Å²) < 4.78 is 5.20. The molecule has 0 aliphatic carbocycles. The van der Waals surface area contributed by atoms with Crippen molar-refractivity contribution in [3.63, 3.8) is 0 Å². The SMILES string of the molecule is COc1cccc(C[C@@]2(C(=O)O)CN(C(=O)c3n[nH]c(C)c3Cl)CC[C@H]2O)c1. The van der Waals surface area contributed by atoms with Gasteiger partial charge in [0.05, 0.1) is 23.9 Å². The molecule has 1 aliphatic heterocycles. The molecule has 1 amide bonds. The van der Waals surface area contributed by atoms with Crippen LogP contribution in [0.4, 0.5) is 0 Å². The Bertz CT molecular complexity index is 899. The zero-order valence-electron chi connectivity index (χ0n) is 15.6. The number of aromatic amines is 1. The van der Waals surface area contributed by atoms with Gasteiger partial charge in [-0.1, -0.05) is 23.7 Å². The maximum atomic E-state index is 12.9. The number of aliphatic hydroxyl groups excluding tert-OH is 1. The van der Waals surface area contributed by atoms with Crippen LogP contribution in [0.3, 0.4) is 0 Å². The number of hydrogen-bond donors (Lipinski definition) is 3.